The number of rotatable bonds is 7. The molecule has 2 aromatic rings. The summed E-state index contributed by atoms with van der Waals surface area (Å²) in [4.78, 5) is 18.9. The number of guanidine groups is 1. The number of nitrogens with one attached hydrogen (secondary N) is 2. The van der Waals surface area contributed by atoms with Crippen LogP contribution in [0, 0.1) is 6.92 Å². The van der Waals surface area contributed by atoms with Crippen LogP contribution in [-0.4, -0.2) is 50.6 Å². The molecule has 174 valence electrons. The number of halogens is 1. The Balaban J connectivity index is 0.00000363. The van der Waals surface area contributed by atoms with Crippen molar-refractivity contribution < 1.29 is 9.53 Å². The number of hydrogen-bond acceptors (Lipinski definition) is 3. The van der Waals surface area contributed by atoms with E-state index in [0.717, 1.165) is 61.7 Å². The molecule has 0 spiro atoms. The zero-order chi connectivity index (χ0) is 22.1. The lowest BCUT2D eigenvalue weighted by Crippen LogP contribution is -2.38. The largest absolute Gasteiger partial charge is 0.496 e. The highest BCUT2D eigenvalue weighted by Gasteiger charge is 2.17. The highest BCUT2D eigenvalue weighted by molar-refractivity contribution is 14.0. The van der Waals surface area contributed by atoms with Gasteiger partial charge in [-0.15, -0.1) is 24.0 Å². The Bertz CT molecular complexity index is 893. The number of aryl methyl sites for hydroxylation is 1. The molecule has 2 N–H and O–H groups in total. The summed E-state index contributed by atoms with van der Waals surface area (Å²) in [7, 11) is 3.47. The zero-order valence-corrected chi connectivity index (χ0v) is 21.6. The average Bonchev–Trinajstić information content (AvgIpc) is 2.82. The first-order valence-corrected chi connectivity index (χ1v) is 11.1. The van der Waals surface area contributed by atoms with E-state index in [4.69, 9.17) is 4.74 Å². The molecule has 0 unspecified atom stereocenters. The lowest BCUT2D eigenvalue weighted by atomic mass is 10.1. The monoisotopic (exact) mass is 550 g/mol. The van der Waals surface area contributed by atoms with E-state index < -0.39 is 0 Å². The third-order valence-electron chi connectivity index (χ3n) is 5.65. The predicted octanol–water partition coefficient (Wildman–Crippen LogP) is 4.16. The van der Waals surface area contributed by atoms with E-state index in [1.54, 1.807) is 14.2 Å². The minimum atomic E-state index is 0. The summed E-state index contributed by atoms with van der Waals surface area (Å²) in [5.74, 6) is 1.80. The maximum atomic E-state index is 12.6. The smallest absolute Gasteiger partial charge is 0.253 e. The first-order valence-electron chi connectivity index (χ1n) is 11.1. The molecular formula is C25H35IN4O2. The van der Waals surface area contributed by atoms with Gasteiger partial charge in [-0.3, -0.25) is 9.79 Å². The van der Waals surface area contributed by atoms with Crippen LogP contribution in [0.1, 0.15) is 46.3 Å². The highest BCUT2D eigenvalue weighted by Crippen LogP contribution is 2.19. The summed E-state index contributed by atoms with van der Waals surface area (Å²) in [6.45, 7) is 5.23. The quantitative estimate of drug-likeness (QED) is 0.309. The average molecular weight is 550 g/mol. The Hall–Kier alpha value is -2.29. The Labute approximate surface area is 208 Å². The zero-order valence-electron chi connectivity index (χ0n) is 19.3. The van der Waals surface area contributed by atoms with Gasteiger partial charge in [-0.2, -0.15) is 0 Å². The van der Waals surface area contributed by atoms with Crippen LogP contribution in [0.4, 0.5) is 0 Å². The number of amides is 1. The van der Waals surface area contributed by atoms with Crippen molar-refractivity contribution in [2.24, 2.45) is 4.99 Å². The summed E-state index contributed by atoms with van der Waals surface area (Å²) in [6, 6.07) is 14.1. The Morgan fingerprint density at radius 1 is 1.06 bits per heavy atom. The van der Waals surface area contributed by atoms with Gasteiger partial charge < -0.3 is 20.3 Å². The van der Waals surface area contributed by atoms with Gasteiger partial charge in [0.25, 0.3) is 5.91 Å². The Kier molecular flexibility index (Phi) is 10.8. The number of carbonyl (C=O) groups is 1. The standard InChI is InChI=1S/C25H34N4O2.HI/c1-19-7-12-23(31-3)22(17-19)13-14-27-25(26-2)28-18-20-8-10-21(11-9-20)24(30)29-15-5-4-6-16-29;/h7-12,17H,4-6,13-16,18H2,1-3H3,(H2,26,27,28);1H. The summed E-state index contributed by atoms with van der Waals surface area (Å²) < 4.78 is 5.45. The van der Waals surface area contributed by atoms with Crippen molar-refractivity contribution in [1.29, 1.82) is 0 Å². The molecule has 0 radical (unpaired) electrons. The molecule has 1 aliphatic heterocycles. The summed E-state index contributed by atoms with van der Waals surface area (Å²) in [5.41, 5.74) is 4.28. The van der Waals surface area contributed by atoms with Gasteiger partial charge in [-0.1, -0.05) is 29.8 Å². The lowest BCUT2D eigenvalue weighted by molar-refractivity contribution is 0.0724. The fourth-order valence-corrected chi connectivity index (χ4v) is 3.87. The third kappa shape index (κ3) is 7.39. The van der Waals surface area contributed by atoms with Crippen LogP contribution in [0.3, 0.4) is 0 Å². The van der Waals surface area contributed by atoms with Crippen LogP contribution in [-0.2, 0) is 13.0 Å². The number of methoxy groups -OCH3 is 1. The van der Waals surface area contributed by atoms with E-state index in [2.05, 4.69) is 34.7 Å². The van der Waals surface area contributed by atoms with Gasteiger partial charge >= 0.3 is 0 Å². The summed E-state index contributed by atoms with van der Waals surface area (Å²) >= 11 is 0. The lowest BCUT2D eigenvalue weighted by Gasteiger charge is -2.26. The molecule has 1 saturated heterocycles. The minimum Gasteiger partial charge on any atom is -0.496 e. The second-order valence-electron chi connectivity index (χ2n) is 7.97. The maximum absolute atomic E-state index is 12.6. The van der Waals surface area contributed by atoms with Gasteiger partial charge in [-0.05, 0) is 61.9 Å². The number of carbonyl (C=O) groups excluding carboxylic acids is 1. The van der Waals surface area contributed by atoms with Crippen molar-refractivity contribution in [3.8, 4) is 5.75 Å². The molecule has 1 aliphatic rings. The number of piperidine rings is 1. The van der Waals surface area contributed by atoms with Gasteiger partial charge in [0.1, 0.15) is 5.75 Å². The van der Waals surface area contributed by atoms with Crippen molar-refractivity contribution in [2.75, 3.05) is 33.8 Å². The Morgan fingerprint density at radius 3 is 2.44 bits per heavy atom. The molecule has 0 aromatic heterocycles. The van der Waals surface area contributed by atoms with Crippen LogP contribution in [0.25, 0.3) is 0 Å². The van der Waals surface area contributed by atoms with E-state index in [1.807, 2.05) is 35.2 Å². The SMILES string of the molecule is CN=C(NCCc1cc(C)ccc1OC)NCc1ccc(C(=O)N2CCCCC2)cc1.I. The molecule has 0 atom stereocenters. The molecular weight excluding hydrogens is 515 g/mol. The molecule has 0 saturated carbocycles. The number of likely N-dealkylation sites (tertiary alicyclic amines) is 1. The Morgan fingerprint density at radius 2 is 1.78 bits per heavy atom. The number of ether oxygens (including phenoxy) is 1. The third-order valence-corrected chi connectivity index (χ3v) is 5.65. The van der Waals surface area contributed by atoms with Crippen LogP contribution < -0.4 is 15.4 Å². The van der Waals surface area contributed by atoms with Crippen LogP contribution >= 0.6 is 24.0 Å². The second-order valence-corrected chi connectivity index (χ2v) is 7.97. The van der Waals surface area contributed by atoms with Gasteiger partial charge in [0.2, 0.25) is 0 Å². The first kappa shape index (κ1) is 26.0. The maximum Gasteiger partial charge on any atom is 0.253 e. The normalized spacial score (nSPS) is 13.8. The molecule has 3 rings (SSSR count). The van der Waals surface area contributed by atoms with Crippen LogP contribution in [0.5, 0.6) is 5.75 Å². The van der Waals surface area contributed by atoms with Gasteiger partial charge in [-0.25, -0.2) is 0 Å². The van der Waals surface area contributed by atoms with Crippen molar-refractivity contribution in [3.63, 3.8) is 0 Å². The summed E-state index contributed by atoms with van der Waals surface area (Å²) in [5, 5.41) is 6.69. The molecule has 7 heteroatoms. The fraction of sp³-hybridized carbons (Fsp3) is 0.440. The van der Waals surface area contributed by atoms with Gasteiger partial charge in [0.15, 0.2) is 5.96 Å². The van der Waals surface area contributed by atoms with Crippen molar-refractivity contribution in [2.45, 2.75) is 39.2 Å². The first-order chi connectivity index (χ1) is 15.1. The van der Waals surface area contributed by atoms with E-state index >= 15 is 0 Å². The topological polar surface area (TPSA) is 66.0 Å². The van der Waals surface area contributed by atoms with Crippen LogP contribution in [0.15, 0.2) is 47.5 Å². The number of nitrogens with zero attached hydrogens (tertiary/aromatic N) is 2. The van der Waals surface area contributed by atoms with Gasteiger partial charge in [0.05, 0.1) is 7.11 Å². The molecule has 2 aromatic carbocycles. The minimum absolute atomic E-state index is 0. The molecule has 1 fully saturated rings. The number of benzene rings is 2. The number of hydrogen-bond donors (Lipinski definition) is 2. The molecule has 6 nitrogen and oxygen atoms in total. The summed E-state index contributed by atoms with van der Waals surface area (Å²) in [6.07, 6.45) is 4.29. The van der Waals surface area contributed by atoms with Crippen molar-refractivity contribution >= 4 is 35.8 Å². The molecule has 1 amide bonds. The van der Waals surface area contributed by atoms with E-state index in [0.29, 0.717) is 6.54 Å². The fourth-order valence-electron chi connectivity index (χ4n) is 3.87. The van der Waals surface area contributed by atoms with Crippen molar-refractivity contribution in [1.82, 2.24) is 15.5 Å². The van der Waals surface area contributed by atoms with Crippen molar-refractivity contribution in [3.05, 3.63) is 64.7 Å². The molecule has 0 bridgehead atoms. The highest BCUT2D eigenvalue weighted by atomic mass is 127. The van der Waals surface area contributed by atoms with Gasteiger partial charge in [0, 0.05) is 38.8 Å². The molecule has 0 aliphatic carbocycles. The van der Waals surface area contributed by atoms with E-state index in [9.17, 15) is 4.79 Å². The van der Waals surface area contributed by atoms with Crippen LogP contribution in [0.2, 0.25) is 0 Å². The number of aliphatic imine (C=N–C) groups is 1. The molecule has 1 heterocycles. The second kappa shape index (κ2) is 13.3. The van der Waals surface area contributed by atoms with E-state index in [1.165, 1.54) is 17.5 Å². The van der Waals surface area contributed by atoms with E-state index in [-0.39, 0.29) is 29.9 Å². The predicted molar refractivity (Wildman–Crippen MR) is 141 cm³/mol. The molecule has 32 heavy (non-hydrogen) atoms.